The Morgan fingerprint density at radius 1 is 1.06 bits per heavy atom. The molecule has 1 atom stereocenters. The van der Waals surface area contributed by atoms with E-state index in [1.54, 1.807) is 0 Å². The van der Waals surface area contributed by atoms with Crippen molar-refractivity contribution < 1.29 is 0 Å². The lowest BCUT2D eigenvalue weighted by Crippen LogP contribution is -2.44. The Balaban J connectivity index is 1.79. The van der Waals surface area contributed by atoms with E-state index >= 15 is 0 Å². The van der Waals surface area contributed by atoms with Gasteiger partial charge in [-0.05, 0) is 58.0 Å². The number of nitrogens with zero attached hydrogens (tertiary/aromatic N) is 1. The smallest absolute Gasteiger partial charge is 0.00993 e. The minimum Gasteiger partial charge on any atom is -0.314 e. The fourth-order valence-corrected chi connectivity index (χ4v) is 3.68. The Hall–Kier alpha value is -0.0800. The van der Waals surface area contributed by atoms with Crippen molar-refractivity contribution in [2.45, 2.75) is 76.9 Å². The lowest BCUT2D eigenvalue weighted by molar-refractivity contribution is 0.128. The van der Waals surface area contributed by atoms with Gasteiger partial charge in [0.1, 0.15) is 0 Å². The summed E-state index contributed by atoms with van der Waals surface area (Å²) >= 11 is 0. The standard InChI is InChI=1S/C14H28N2/c1-3-13-6-5-11-16(13)14-9-7-12(8-10-14)15-4-2/h12-15H,3-11H2,1-2H3. The fraction of sp³-hybridized carbons (Fsp3) is 1.00. The normalized spacial score (nSPS) is 36.8. The highest BCUT2D eigenvalue weighted by molar-refractivity contribution is 4.88. The molecule has 0 aromatic carbocycles. The number of rotatable bonds is 4. The van der Waals surface area contributed by atoms with Crippen molar-refractivity contribution in [1.82, 2.24) is 10.2 Å². The Morgan fingerprint density at radius 3 is 2.44 bits per heavy atom. The molecule has 1 N–H and O–H groups in total. The van der Waals surface area contributed by atoms with E-state index in [9.17, 15) is 0 Å². The fourth-order valence-electron chi connectivity index (χ4n) is 3.68. The highest BCUT2D eigenvalue weighted by atomic mass is 15.2. The van der Waals surface area contributed by atoms with E-state index in [0.29, 0.717) is 0 Å². The van der Waals surface area contributed by atoms with Crippen molar-refractivity contribution in [2.24, 2.45) is 0 Å². The summed E-state index contributed by atoms with van der Waals surface area (Å²) in [5.41, 5.74) is 0. The highest BCUT2D eigenvalue weighted by Crippen LogP contribution is 2.30. The Labute approximate surface area is 101 Å². The van der Waals surface area contributed by atoms with Crippen LogP contribution in [0.3, 0.4) is 0 Å². The van der Waals surface area contributed by atoms with Gasteiger partial charge in [0.05, 0.1) is 0 Å². The molecule has 2 heteroatoms. The van der Waals surface area contributed by atoms with Crippen molar-refractivity contribution >= 4 is 0 Å². The van der Waals surface area contributed by atoms with Gasteiger partial charge in [0.25, 0.3) is 0 Å². The third-order valence-electron chi connectivity index (χ3n) is 4.55. The molecule has 0 spiro atoms. The molecule has 1 unspecified atom stereocenters. The van der Waals surface area contributed by atoms with E-state index in [-0.39, 0.29) is 0 Å². The number of hydrogen-bond acceptors (Lipinski definition) is 2. The van der Waals surface area contributed by atoms with Crippen LogP contribution < -0.4 is 5.32 Å². The molecule has 1 saturated heterocycles. The summed E-state index contributed by atoms with van der Waals surface area (Å²) in [5, 5.41) is 3.60. The van der Waals surface area contributed by atoms with Crippen molar-refractivity contribution in [3.63, 3.8) is 0 Å². The Bertz CT molecular complexity index is 197. The first-order valence-corrected chi connectivity index (χ1v) is 7.34. The highest BCUT2D eigenvalue weighted by Gasteiger charge is 2.31. The van der Waals surface area contributed by atoms with Crippen LogP contribution in [-0.2, 0) is 0 Å². The van der Waals surface area contributed by atoms with E-state index in [1.807, 2.05) is 0 Å². The first-order valence-electron chi connectivity index (χ1n) is 7.34. The maximum atomic E-state index is 3.60. The molecular formula is C14H28N2. The molecule has 2 nitrogen and oxygen atoms in total. The lowest BCUT2D eigenvalue weighted by atomic mass is 9.89. The molecule has 1 aliphatic carbocycles. The van der Waals surface area contributed by atoms with Crippen molar-refractivity contribution in [1.29, 1.82) is 0 Å². The number of nitrogens with one attached hydrogen (secondary N) is 1. The molecule has 0 bridgehead atoms. The van der Waals surface area contributed by atoms with Gasteiger partial charge in [-0.15, -0.1) is 0 Å². The van der Waals surface area contributed by atoms with Gasteiger partial charge in [-0.3, -0.25) is 4.90 Å². The largest absolute Gasteiger partial charge is 0.314 e. The third kappa shape index (κ3) is 2.78. The van der Waals surface area contributed by atoms with Crippen molar-refractivity contribution in [3.05, 3.63) is 0 Å². The third-order valence-corrected chi connectivity index (χ3v) is 4.55. The summed E-state index contributed by atoms with van der Waals surface area (Å²) in [6, 6.07) is 2.62. The average molecular weight is 224 g/mol. The van der Waals surface area contributed by atoms with E-state index in [4.69, 9.17) is 0 Å². The van der Waals surface area contributed by atoms with Gasteiger partial charge < -0.3 is 5.32 Å². The van der Waals surface area contributed by atoms with Crippen LogP contribution in [0.4, 0.5) is 0 Å². The molecule has 0 amide bonds. The summed E-state index contributed by atoms with van der Waals surface area (Å²) in [5.74, 6) is 0. The number of likely N-dealkylation sites (tertiary alicyclic amines) is 1. The SMILES string of the molecule is CCNC1CCC(N2CCCC2CC)CC1. The molecule has 1 saturated carbocycles. The van der Waals surface area contributed by atoms with E-state index in [2.05, 4.69) is 24.1 Å². The lowest BCUT2D eigenvalue weighted by Gasteiger charge is -2.38. The summed E-state index contributed by atoms with van der Waals surface area (Å²) in [6.07, 6.45) is 9.88. The number of hydrogen-bond donors (Lipinski definition) is 1. The van der Waals surface area contributed by atoms with Gasteiger partial charge in [-0.25, -0.2) is 0 Å². The van der Waals surface area contributed by atoms with E-state index in [1.165, 1.54) is 51.5 Å². The average Bonchev–Trinajstić information content (AvgIpc) is 2.78. The van der Waals surface area contributed by atoms with Crippen LogP contribution in [0.1, 0.15) is 58.8 Å². The predicted octanol–water partition coefficient (Wildman–Crippen LogP) is 2.78. The molecule has 2 fully saturated rings. The summed E-state index contributed by atoms with van der Waals surface area (Å²) in [4.78, 5) is 2.82. The minimum atomic E-state index is 0.809. The maximum absolute atomic E-state index is 3.60. The summed E-state index contributed by atoms with van der Waals surface area (Å²) < 4.78 is 0. The van der Waals surface area contributed by atoms with Crippen LogP contribution in [-0.4, -0.2) is 36.1 Å². The monoisotopic (exact) mass is 224 g/mol. The van der Waals surface area contributed by atoms with Crippen LogP contribution >= 0.6 is 0 Å². The van der Waals surface area contributed by atoms with Crippen molar-refractivity contribution in [3.8, 4) is 0 Å². The summed E-state index contributed by atoms with van der Waals surface area (Å²) in [7, 11) is 0. The molecule has 2 rings (SSSR count). The van der Waals surface area contributed by atoms with E-state index in [0.717, 1.165) is 24.7 Å². The summed E-state index contributed by atoms with van der Waals surface area (Å²) in [6.45, 7) is 7.08. The van der Waals surface area contributed by atoms with Crippen LogP contribution in [0.25, 0.3) is 0 Å². The van der Waals surface area contributed by atoms with Gasteiger partial charge >= 0.3 is 0 Å². The van der Waals surface area contributed by atoms with E-state index < -0.39 is 0 Å². The molecule has 0 aromatic heterocycles. The quantitative estimate of drug-likeness (QED) is 0.790. The van der Waals surface area contributed by atoms with Gasteiger partial charge in [0.15, 0.2) is 0 Å². The van der Waals surface area contributed by atoms with Crippen LogP contribution in [0.15, 0.2) is 0 Å². The zero-order chi connectivity index (χ0) is 11.4. The predicted molar refractivity (Wildman–Crippen MR) is 69.7 cm³/mol. The molecule has 1 heterocycles. The second kappa shape index (κ2) is 6.02. The maximum Gasteiger partial charge on any atom is 0.00993 e. The molecule has 16 heavy (non-hydrogen) atoms. The molecule has 2 aliphatic rings. The van der Waals surface area contributed by atoms with Gasteiger partial charge in [0, 0.05) is 18.1 Å². The molecule has 0 radical (unpaired) electrons. The topological polar surface area (TPSA) is 15.3 Å². The Kier molecular flexibility index (Phi) is 4.66. The van der Waals surface area contributed by atoms with Crippen LogP contribution in [0, 0.1) is 0 Å². The van der Waals surface area contributed by atoms with Crippen LogP contribution in [0.5, 0.6) is 0 Å². The second-order valence-corrected chi connectivity index (χ2v) is 5.51. The molecule has 94 valence electrons. The zero-order valence-electron chi connectivity index (χ0n) is 11.0. The molecular weight excluding hydrogens is 196 g/mol. The first kappa shape index (κ1) is 12.4. The zero-order valence-corrected chi connectivity index (χ0v) is 11.0. The molecule has 0 aromatic rings. The van der Waals surface area contributed by atoms with Crippen LogP contribution in [0.2, 0.25) is 0 Å². The Morgan fingerprint density at radius 2 is 1.81 bits per heavy atom. The minimum absolute atomic E-state index is 0.809. The van der Waals surface area contributed by atoms with Gasteiger partial charge in [0.2, 0.25) is 0 Å². The van der Waals surface area contributed by atoms with Gasteiger partial charge in [-0.1, -0.05) is 13.8 Å². The second-order valence-electron chi connectivity index (χ2n) is 5.51. The molecule has 1 aliphatic heterocycles. The van der Waals surface area contributed by atoms with Gasteiger partial charge in [-0.2, -0.15) is 0 Å². The van der Waals surface area contributed by atoms with Crippen molar-refractivity contribution in [2.75, 3.05) is 13.1 Å². The first-order chi connectivity index (χ1) is 7.85.